The fourth-order valence-corrected chi connectivity index (χ4v) is 4.20. The number of rotatable bonds is 20. The molecule has 0 fully saturated rings. The van der Waals surface area contributed by atoms with E-state index in [9.17, 15) is 0 Å². The summed E-state index contributed by atoms with van der Waals surface area (Å²) in [6.07, 6.45) is 29.6. The summed E-state index contributed by atoms with van der Waals surface area (Å²) in [6.45, 7) is 9.35. The van der Waals surface area contributed by atoms with E-state index in [1.165, 1.54) is 129 Å². The largest absolute Gasteiger partial charge is 0.256 e. The normalized spacial score (nSPS) is 11.4. The number of aryl methyl sites for hydroxylation is 2. The maximum Gasteiger partial charge on any atom is 0.256 e. The highest BCUT2D eigenvalue weighted by atomic mass is 15.1. The van der Waals surface area contributed by atoms with Gasteiger partial charge in [0.15, 0.2) is 0 Å². The first-order chi connectivity index (χ1) is 13.8. The third kappa shape index (κ3) is 11.9. The van der Waals surface area contributed by atoms with Gasteiger partial charge in [0.25, 0.3) is 5.82 Å². The molecular weight excluding hydrogens is 340 g/mol. The summed E-state index contributed by atoms with van der Waals surface area (Å²) in [7, 11) is 0. The highest BCUT2D eigenvalue weighted by Gasteiger charge is 2.16. The van der Waals surface area contributed by atoms with Gasteiger partial charge >= 0.3 is 0 Å². The molecule has 0 radical (unpaired) electrons. The molecule has 0 unspecified atom stereocenters. The van der Waals surface area contributed by atoms with Crippen molar-refractivity contribution in [2.24, 2.45) is 0 Å². The lowest BCUT2D eigenvalue weighted by atomic mass is 10.1. The summed E-state index contributed by atoms with van der Waals surface area (Å²) in [5.74, 6) is 1.60. The van der Waals surface area contributed by atoms with Gasteiger partial charge in [-0.25, -0.2) is 9.13 Å². The van der Waals surface area contributed by atoms with Gasteiger partial charge in [-0.3, -0.25) is 0 Å². The molecule has 2 heteroatoms. The Kier molecular flexibility index (Phi) is 16.5. The zero-order valence-electron chi connectivity index (χ0n) is 19.7. The monoisotopic (exact) mass is 391 g/mol. The van der Waals surface area contributed by atoms with Gasteiger partial charge in [0.2, 0.25) is 0 Å². The minimum Gasteiger partial charge on any atom is -0.234 e. The van der Waals surface area contributed by atoms with Gasteiger partial charge in [0.1, 0.15) is 12.4 Å². The van der Waals surface area contributed by atoms with E-state index in [1.807, 2.05) is 0 Å². The van der Waals surface area contributed by atoms with E-state index in [-0.39, 0.29) is 0 Å². The van der Waals surface area contributed by atoms with E-state index in [4.69, 9.17) is 0 Å². The summed E-state index contributed by atoms with van der Waals surface area (Å²) in [5, 5.41) is 0. The first-order valence-corrected chi connectivity index (χ1v) is 12.9. The zero-order valence-corrected chi connectivity index (χ0v) is 19.7. The van der Waals surface area contributed by atoms with Gasteiger partial charge in [0, 0.05) is 6.42 Å². The number of aromatic nitrogens is 2. The van der Waals surface area contributed by atoms with E-state index < -0.39 is 0 Å². The van der Waals surface area contributed by atoms with Crippen LogP contribution in [-0.4, -0.2) is 4.57 Å². The highest BCUT2D eigenvalue weighted by molar-refractivity contribution is 4.84. The minimum atomic E-state index is 1.22. The molecule has 0 aromatic carbocycles. The van der Waals surface area contributed by atoms with Crippen LogP contribution in [0.3, 0.4) is 0 Å². The summed E-state index contributed by atoms with van der Waals surface area (Å²) < 4.78 is 5.16. The van der Waals surface area contributed by atoms with Crippen LogP contribution in [0.4, 0.5) is 0 Å². The van der Waals surface area contributed by atoms with E-state index in [0.29, 0.717) is 0 Å². The molecule has 0 saturated heterocycles. The van der Waals surface area contributed by atoms with Crippen LogP contribution in [0.1, 0.15) is 136 Å². The molecule has 0 aliphatic heterocycles. The fourth-order valence-electron chi connectivity index (χ4n) is 4.20. The second-order valence-electron chi connectivity index (χ2n) is 8.80. The van der Waals surface area contributed by atoms with Gasteiger partial charge in [-0.1, -0.05) is 97.8 Å². The number of nitrogens with zero attached hydrogens (tertiary/aromatic N) is 2. The average molecular weight is 392 g/mol. The van der Waals surface area contributed by atoms with Gasteiger partial charge in [0.05, 0.1) is 13.1 Å². The van der Waals surface area contributed by atoms with E-state index in [2.05, 4.69) is 42.3 Å². The smallest absolute Gasteiger partial charge is 0.234 e. The van der Waals surface area contributed by atoms with E-state index in [1.54, 1.807) is 5.82 Å². The Hall–Kier alpha value is -0.790. The topological polar surface area (TPSA) is 8.81 Å². The summed E-state index contributed by atoms with van der Waals surface area (Å²) in [6, 6.07) is 0. The maximum absolute atomic E-state index is 2.58. The SMILES string of the molecule is CCCCCCCCc1n(CCCCCCCC)cc[n+]1CCCCCCC. The quantitative estimate of drug-likeness (QED) is 0.157. The summed E-state index contributed by atoms with van der Waals surface area (Å²) in [5.41, 5.74) is 0. The van der Waals surface area contributed by atoms with Gasteiger partial charge < -0.3 is 0 Å². The number of hydrogen-bond donors (Lipinski definition) is 0. The lowest BCUT2D eigenvalue weighted by molar-refractivity contribution is -0.704. The molecule has 0 atom stereocenters. The van der Waals surface area contributed by atoms with Gasteiger partial charge in [-0.15, -0.1) is 0 Å². The van der Waals surface area contributed by atoms with Crippen molar-refractivity contribution in [2.45, 2.75) is 149 Å². The Bertz CT molecular complexity index is 449. The summed E-state index contributed by atoms with van der Waals surface area (Å²) in [4.78, 5) is 0. The Labute approximate surface area is 177 Å². The molecule has 0 saturated carbocycles. The maximum atomic E-state index is 2.58. The van der Waals surface area contributed by atoms with Crippen molar-refractivity contribution in [1.29, 1.82) is 0 Å². The molecule has 1 heterocycles. The van der Waals surface area contributed by atoms with Gasteiger partial charge in [-0.05, 0) is 32.1 Å². The zero-order chi connectivity index (χ0) is 20.3. The Balaban J connectivity index is 2.45. The second kappa shape index (κ2) is 18.3. The standard InChI is InChI=1S/C26H51N2/c1-4-7-10-13-15-18-21-26-27(22-19-16-12-9-6-3)24-25-28(26)23-20-17-14-11-8-5-2/h24-25H,4-23H2,1-3H3/q+1. The molecule has 0 spiro atoms. The van der Waals surface area contributed by atoms with Crippen LogP contribution in [0.2, 0.25) is 0 Å². The molecule has 0 amide bonds. The van der Waals surface area contributed by atoms with Crippen LogP contribution in [0.5, 0.6) is 0 Å². The van der Waals surface area contributed by atoms with Crippen molar-refractivity contribution >= 4 is 0 Å². The molecule has 1 aromatic rings. The molecule has 2 nitrogen and oxygen atoms in total. The van der Waals surface area contributed by atoms with Crippen molar-refractivity contribution in [3.8, 4) is 0 Å². The molecule has 1 rings (SSSR count). The van der Waals surface area contributed by atoms with Crippen LogP contribution >= 0.6 is 0 Å². The minimum absolute atomic E-state index is 1.22. The molecule has 1 aromatic heterocycles. The lowest BCUT2D eigenvalue weighted by Gasteiger charge is -2.07. The van der Waals surface area contributed by atoms with E-state index in [0.717, 1.165) is 0 Å². The molecule has 0 bridgehead atoms. The molecule has 0 N–H and O–H groups in total. The van der Waals surface area contributed by atoms with Crippen LogP contribution in [0.25, 0.3) is 0 Å². The van der Waals surface area contributed by atoms with Crippen LogP contribution in [-0.2, 0) is 19.5 Å². The third-order valence-corrected chi connectivity index (χ3v) is 6.10. The predicted octanol–water partition coefficient (Wildman–Crippen LogP) is 8.01. The van der Waals surface area contributed by atoms with Crippen molar-refractivity contribution in [2.75, 3.05) is 0 Å². The molecule has 0 aliphatic rings. The third-order valence-electron chi connectivity index (χ3n) is 6.10. The molecule has 164 valence electrons. The first-order valence-electron chi connectivity index (χ1n) is 12.9. The van der Waals surface area contributed by atoms with Crippen molar-refractivity contribution in [1.82, 2.24) is 4.57 Å². The van der Waals surface area contributed by atoms with Crippen molar-refractivity contribution in [3.05, 3.63) is 18.2 Å². The Morgan fingerprint density at radius 3 is 1.71 bits per heavy atom. The first kappa shape index (κ1) is 25.2. The number of hydrogen-bond acceptors (Lipinski definition) is 0. The van der Waals surface area contributed by atoms with Crippen LogP contribution in [0, 0.1) is 0 Å². The Morgan fingerprint density at radius 1 is 0.607 bits per heavy atom. The fraction of sp³-hybridized carbons (Fsp3) is 0.885. The molecule has 28 heavy (non-hydrogen) atoms. The molecule has 0 aliphatic carbocycles. The van der Waals surface area contributed by atoms with E-state index >= 15 is 0 Å². The van der Waals surface area contributed by atoms with Crippen molar-refractivity contribution < 1.29 is 4.57 Å². The van der Waals surface area contributed by atoms with Crippen molar-refractivity contribution in [3.63, 3.8) is 0 Å². The predicted molar refractivity (Wildman–Crippen MR) is 124 cm³/mol. The highest BCUT2D eigenvalue weighted by Crippen LogP contribution is 2.12. The van der Waals surface area contributed by atoms with Crippen LogP contribution < -0.4 is 4.57 Å². The van der Waals surface area contributed by atoms with Crippen LogP contribution in [0.15, 0.2) is 12.4 Å². The number of unbranched alkanes of at least 4 members (excludes halogenated alkanes) is 14. The average Bonchev–Trinajstić information content (AvgIpc) is 3.09. The second-order valence-corrected chi connectivity index (χ2v) is 8.80. The Morgan fingerprint density at radius 2 is 1.11 bits per heavy atom. The lowest BCUT2D eigenvalue weighted by Crippen LogP contribution is -2.37. The molecular formula is C26H51N2+. The van der Waals surface area contributed by atoms with Gasteiger partial charge in [-0.2, -0.15) is 0 Å². The summed E-state index contributed by atoms with van der Waals surface area (Å²) >= 11 is 0. The number of imidazole rings is 1.